The van der Waals surface area contributed by atoms with Crippen molar-refractivity contribution >= 4 is 23.7 Å². The Balaban J connectivity index is 1.87. The molecule has 0 fully saturated rings. The molecule has 0 radical (unpaired) electrons. The molecule has 0 atom stereocenters. The minimum Gasteiger partial charge on any atom is -0.305 e. The average molecular weight is 285 g/mol. The molecule has 7 nitrogen and oxygen atoms in total. The van der Waals surface area contributed by atoms with Crippen LogP contribution in [0, 0.1) is 5.95 Å². The van der Waals surface area contributed by atoms with Gasteiger partial charge in [0.1, 0.15) is 5.69 Å². The highest BCUT2D eigenvalue weighted by atomic mass is 19.1. The molecule has 0 saturated heterocycles. The van der Waals surface area contributed by atoms with Crippen molar-refractivity contribution in [3.05, 3.63) is 53.9 Å². The molecule has 0 saturated carbocycles. The van der Waals surface area contributed by atoms with Crippen molar-refractivity contribution in [2.24, 2.45) is 0 Å². The molecule has 0 aliphatic carbocycles. The van der Waals surface area contributed by atoms with Crippen LogP contribution in [0.5, 0.6) is 0 Å². The predicted molar refractivity (Wildman–Crippen MR) is 70.5 cm³/mol. The first-order valence-electron chi connectivity index (χ1n) is 5.90. The quantitative estimate of drug-likeness (QED) is 0.579. The number of nitrogens with one attached hydrogen (secondary N) is 1. The van der Waals surface area contributed by atoms with Gasteiger partial charge in [0.2, 0.25) is 5.95 Å². The van der Waals surface area contributed by atoms with Gasteiger partial charge in [-0.1, -0.05) is 0 Å². The van der Waals surface area contributed by atoms with E-state index in [1.54, 1.807) is 6.07 Å². The highest BCUT2D eigenvalue weighted by molar-refractivity contribution is 6.03. The molecule has 0 bridgehead atoms. The van der Waals surface area contributed by atoms with Gasteiger partial charge in [-0.2, -0.15) is 9.49 Å². The number of fused-ring (bicyclic) bond motifs is 1. The number of carbonyl (C=O) groups is 2. The van der Waals surface area contributed by atoms with E-state index in [1.165, 1.54) is 29.0 Å². The molecule has 0 aromatic carbocycles. The van der Waals surface area contributed by atoms with Crippen molar-refractivity contribution in [3.8, 4) is 0 Å². The summed E-state index contributed by atoms with van der Waals surface area (Å²) in [5.74, 6) is -1.02. The summed E-state index contributed by atoms with van der Waals surface area (Å²) in [6, 6.07) is 5.52. The Morgan fingerprint density at radius 3 is 2.95 bits per heavy atom. The number of aromatic nitrogens is 4. The first-order chi connectivity index (χ1) is 10.2. The molecule has 0 aliphatic heterocycles. The number of imidazole rings is 1. The summed E-state index contributed by atoms with van der Waals surface area (Å²) in [4.78, 5) is 30.1. The van der Waals surface area contributed by atoms with Crippen LogP contribution in [0.4, 0.5) is 10.2 Å². The minimum absolute atomic E-state index is 0.126. The summed E-state index contributed by atoms with van der Waals surface area (Å²) in [7, 11) is 0. The first-order valence-corrected chi connectivity index (χ1v) is 5.90. The first kappa shape index (κ1) is 12.9. The molecule has 1 amide bonds. The smallest absolute Gasteiger partial charge is 0.257 e. The number of halogens is 1. The molecule has 0 spiro atoms. The normalized spacial score (nSPS) is 10.5. The Hall–Kier alpha value is -3.16. The van der Waals surface area contributed by atoms with Crippen molar-refractivity contribution < 1.29 is 14.0 Å². The highest BCUT2D eigenvalue weighted by Crippen LogP contribution is 2.10. The third-order valence-corrected chi connectivity index (χ3v) is 2.69. The molecule has 0 unspecified atom stereocenters. The van der Waals surface area contributed by atoms with E-state index in [9.17, 15) is 14.0 Å². The number of aldehydes is 1. The third-order valence-electron chi connectivity index (χ3n) is 2.69. The van der Waals surface area contributed by atoms with E-state index in [4.69, 9.17) is 0 Å². The number of amides is 1. The van der Waals surface area contributed by atoms with Gasteiger partial charge in [0.25, 0.3) is 5.91 Å². The fourth-order valence-corrected chi connectivity index (χ4v) is 1.75. The Morgan fingerprint density at radius 2 is 2.19 bits per heavy atom. The second-order valence-corrected chi connectivity index (χ2v) is 4.13. The van der Waals surface area contributed by atoms with Gasteiger partial charge in [-0.15, -0.1) is 0 Å². The van der Waals surface area contributed by atoms with E-state index in [-0.39, 0.29) is 17.1 Å². The standard InChI is InChI=1S/C13H8FN5O2/c14-10-5-8(3-4-15-10)13(21)17-11-6-19-12(16-11)2-1-9(7-20)18-19/h1-7H,(H,17,21). The lowest BCUT2D eigenvalue weighted by molar-refractivity contribution is 0.102. The molecule has 3 aromatic heterocycles. The number of rotatable bonds is 3. The average Bonchev–Trinajstić information content (AvgIpc) is 2.88. The summed E-state index contributed by atoms with van der Waals surface area (Å²) < 4.78 is 14.3. The summed E-state index contributed by atoms with van der Waals surface area (Å²) in [5, 5.41) is 6.49. The Bertz CT molecular complexity index is 845. The van der Waals surface area contributed by atoms with Gasteiger partial charge in [0.05, 0.1) is 6.20 Å². The molecular formula is C13H8FN5O2. The molecular weight excluding hydrogens is 277 g/mol. The highest BCUT2D eigenvalue weighted by Gasteiger charge is 2.10. The van der Waals surface area contributed by atoms with E-state index >= 15 is 0 Å². The maximum atomic E-state index is 13.0. The topological polar surface area (TPSA) is 89.2 Å². The van der Waals surface area contributed by atoms with Crippen molar-refractivity contribution in [1.29, 1.82) is 0 Å². The lowest BCUT2D eigenvalue weighted by Gasteiger charge is -2.00. The monoisotopic (exact) mass is 285 g/mol. The van der Waals surface area contributed by atoms with E-state index in [0.717, 1.165) is 6.07 Å². The minimum atomic E-state index is -0.741. The molecule has 3 aromatic rings. The Kier molecular flexibility index (Phi) is 3.11. The molecule has 3 heterocycles. The Morgan fingerprint density at radius 1 is 1.33 bits per heavy atom. The molecule has 1 N–H and O–H groups in total. The van der Waals surface area contributed by atoms with Crippen LogP contribution in [0.3, 0.4) is 0 Å². The maximum Gasteiger partial charge on any atom is 0.257 e. The van der Waals surface area contributed by atoms with Crippen LogP contribution in [-0.2, 0) is 0 Å². The lowest BCUT2D eigenvalue weighted by atomic mass is 10.2. The summed E-state index contributed by atoms with van der Waals surface area (Å²) in [5.41, 5.74) is 0.840. The van der Waals surface area contributed by atoms with Gasteiger partial charge in [-0.3, -0.25) is 9.59 Å². The number of hydrogen-bond donors (Lipinski definition) is 1. The summed E-state index contributed by atoms with van der Waals surface area (Å²) in [6.07, 6.45) is 3.26. The lowest BCUT2D eigenvalue weighted by Crippen LogP contribution is -2.12. The number of anilines is 1. The van der Waals surface area contributed by atoms with Gasteiger partial charge in [-0.05, 0) is 18.2 Å². The van der Waals surface area contributed by atoms with Crippen LogP contribution >= 0.6 is 0 Å². The summed E-state index contributed by atoms with van der Waals surface area (Å²) >= 11 is 0. The Labute approximate surface area is 117 Å². The van der Waals surface area contributed by atoms with E-state index < -0.39 is 11.9 Å². The number of carbonyl (C=O) groups excluding carboxylic acids is 2. The van der Waals surface area contributed by atoms with Gasteiger partial charge in [0.15, 0.2) is 17.8 Å². The van der Waals surface area contributed by atoms with Crippen LogP contribution in [0.25, 0.3) is 5.65 Å². The fourth-order valence-electron chi connectivity index (χ4n) is 1.75. The van der Waals surface area contributed by atoms with Crippen molar-refractivity contribution in [1.82, 2.24) is 19.6 Å². The van der Waals surface area contributed by atoms with Gasteiger partial charge in [-0.25, -0.2) is 14.5 Å². The molecule has 8 heteroatoms. The maximum absolute atomic E-state index is 13.0. The van der Waals surface area contributed by atoms with Crippen LogP contribution in [0.2, 0.25) is 0 Å². The van der Waals surface area contributed by atoms with Crippen LogP contribution in [0.1, 0.15) is 20.8 Å². The SMILES string of the molecule is O=Cc1ccc2nc(NC(=O)c3ccnc(F)c3)cn2n1. The number of nitrogens with zero attached hydrogens (tertiary/aromatic N) is 4. The zero-order chi connectivity index (χ0) is 14.8. The van der Waals surface area contributed by atoms with E-state index in [1.807, 2.05) is 0 Å². The second kappa shape index (κ2) is 5.08. The fraction of sp³-hybridized carbons (Fsp3) is 0. The zero-order valence-corrected chi connectivity index (χ0v) is 10.5. The van der Waals surface area contributed by atoms with E-state index in [2.05, 4.69) is 20.4 Å². The summed E-state index contributed by atoms with van der Waals surface area (Å²) in [6.45, 7) is 0. The molecule has 3 rings (SSSR count). The van der Waals surface area contributed by atoms with Crippen molar-refractivity contribution in [3.63, 3.8) is 0 Å². The predicted octanol–water partition coefficient (Wildman–Crippen LogP) is 1.33. The third kappa shape index (κ3) is 2.59. The number of hydrogen-bond acceptors (Lipinski definition) is 5. The van der Waals surface area contributed by atoms with E-state index in [0.29, 0.717) is 11.9 Å². The molecule has 21 heavy (non-hydrogen) atoms. The van der Waals surface area contributed by atoms with Gasteiger partial charge < -0.3 is 5.32 Å². The van der Waals surface area contributed by atoms with Crippen LogP contribution in [-0.4, -0.2) is 31.8 Å². The zero-order valence-electron chi connectivity index (χ0n) is 10.5. The second-order valence-electron chi connectivity index (χ2n) is 4.13. The van der Waals surface area contributed by atoms with Crippen molar-refractivity contribution in [2.45, 2.75) is 0 Å². The van der Waals surface area contributed by atoms with Gasteiger partial charge in [0, 0.05) is 17.8 Å². The van der Waals surface area contributed by atoms with Crippen LogP contribution < -0.4 is 5.32 Å². The number of pyridine rings is 1. The largest absolute Gasteiger partial charge is 0.305 e. The van der Waals surface area contributed by atoms with Crippen molar-refractivity contribution in [2.75, 3.05) is 5.32 Å². The van der Waals surface area contributed by atoms with Crippen LogP contribution in [0.15, 0.2) is 36.7 Å². The molecule has 104 valence electrons. The van der Waals surface area contributed by atoms with Gasteiger partial charge >= 0.3 is 0 Å². The molecule has 0 aliphatic rings.